The molecular formula is C22H24N6O. The zero-order valence-electron chi connectivity index (χ0n) is 16.7. The van der Waals surface area contributed by atoms with E-state index in [1.807, 2.05) is 11.0 Å². The van der Waals surface area contributed by atoms with Crippen molar-refractivity contribution in [3.8, 4) is 0 Å². The minimum atomic E-state index is -0.00444. The Morgan fingerprint density at radius 2 is 1.59 bits per heavy atom. The molecule has 0 saturated carbocycles. The highest BCUT2D eigenvalue weighted by atomic mass is 16.2. The number of carbonyl (C=O) groups excluding carboxylic acids is 1. The van der Waals surface area contributed by atoms with Crippen molar-refractivity contribution in [3.05, 3.63) is 71.8 Å². The summed E-state index contributed by atoms with van der Waals surface area (Å²) in [7, 11) is 0. The molecule has 1 amide bonds. The number of hydrogen-bond acceptors (Lipinski definition) is 6. The zero-order valence-corrected chi connectivity index (χ0v) is 16.7. The van der Waals surface area contributed by atoms with Crippen molar-refractivity contribution in [2.45, 2.75) is 13.8 Å². The third-order valence-corrected chi connectivity index (χ3v) is 4.90. The average molecular weight is 388 g/mol. The lowest BCUT2D eigenvalue weighted by atomic mass is 10.1. The number of nitrogens with zero attached hydrogens (tertiary/aromatic N) is 5. The van der Waals surface area contributed by atoms with E-state index in [0.717, 1.165) is 11.4 Å². The second-order valence-electron chi connectivity index (χ2n) is 7.29. The van der Waals surface area contributed by atoms with Crippen LogP contribution < -0.4 is 10.2 Å². The van der Waals surface area contributed by atoms with Crippen molar-refractivity contribution in [3.63, 3.8) is 0 Å². The van der Waals surface area contributed by atoms with Crippen LogP contribution in [0, 0.1) is 13.8 Å². The molecule has 1 aromatic carbocycles. The first-order valence-electron chi connectivity index (χ1n) is 9.70. The molecule has 3 heterocycles. The molecule has 1 N–H and O–H groups in total. The third-order valence-electron chi connectivity index (χ3n) is 4.90. The molecule has 1 aliphatic rings. The van der Waals surface area contributed by atoms with Gasteiger partial charge < -0.3 is 15.1 Å². The van der Waals surface area contributed by atoms with Gasteiger partial charge in [0.15, 0.2) is 0 Å². The minimum absolute atomic E-state index is 0.00444. The zero-order chi connectivity index (χ0) is 20.2. The topological polar surface area (TPSA) is 74.2 Å². The molecule has 2 aromatic heterocycles. The van der Waals surface area contributed by atoms with Crippen LogP contribution in [0.25, 0.3) is 0 Å². The van der Waals surface area contributed by atoms with Crippen molar-refractivity contribution in [1.29, 1.82) is 0 Å². The van der Waals surface area contributed by atoms with Gasteiger partial charge in [0, 0.05) is 50.5 Å². The van der Waals surface area contributed by atoms with Gasteiger partial charge in [0.1, 0.15) is 0 Å². The Bertz CT molecular complexity index is 979. The first kappa shape index (κ1) is 18.9. The number of hydrogen-bond donors (Lipinski definition) is 1. The van der Waals surface area contributed by atoms with Gasteiger partial charge in [-0.25, -0.2) is 9.97 Å². The van der Waals surface area contributed by atoms with Crippen LogP contribution in [0.5, 0.6) is 0 Å². The van der Waals surface area contributed by atoms with Crippen molar-refractivity contribution >= 4 is 23.2 Å². The maximum Gasteiger partial charge on any atom is 0.255 e. The Labute approximate surface area is 170 Å². The summed E-state index contributed by atoms with van der Waals surface area (Å²) in [6.45, 7) is 6.82. The van der Waals surface area contributed by atoms with Gasteiger partial charge in [0.05, 0.1) is 17.4 Å². The minimum Gasteiger partial charge on any atom is -0.354 e. The van der Waals surface area contributed by atoms with Crippen LogP contribution in [-0.4, -0.2) is 51.9 Å². The predicted molar refractivity (Wildman–Crippen MR) is 114 cm³/mol. The van der Waals surface area contributed by atoms with E-state index in [2.05, 4.69) is 57.2 Å². The van der Waals surface area contributed by atoms with Crippen molar-refractivity contribution < 1.29 is 4.79 Å². The summed E-state index contributed by atoms with van der Waals surface area (Å²) >= 11 is 0. The fraction of sp³-hybridized carbons (Fsp3) is 0.273. The van der Waals surface area contributed by atoms with Crippen LogP contribution in [0.3, 0.4) is 0 Å². The number of nitrogens with one attached hydrogen (secondary N) is 1. The van der Waals surface area contributed by atoms with Crippen LogP contribution >= 0.6 is 0 Å². The molecule has 0 aliphatic carbocycles. The van der Waals surface area contributed by atoms with Crippen LogP contribution in [0.2, 0.25) is 0 Å². The lowest BCUT2D eigenvalue weighted by Gasteiger charge is -2.34. The number of rotatable bonds is 4. The summed E-state index contributed by atoms with van der Waals surface area (Å²) in [4.78, 5) is 29.8. The molecule has 1 fully saturated rings. The van der Waals surface area contributed by atoms with Gasteiger partial charge in [-0.3, -0.25) is 9.78 Å². The van der Waals surface area contributed by atoms with Crippen LogP contribution in [0.1, 0.15) is 21.5 Å². The van der Waals surface area contributed by atoms with Gasteiger partial charge in [-0.2, -0.15) is 0 Å². The Kier molecular flexibility index (Phi) is 5.37. The highest BCUT2D eigenvalue weighted by Gasteiger charge is 2.23. The van der Waals surface area contributed by atoms with Crippen LogP contribution in [0.15, 0.2) is 55.1 Å². The second kappa shape index (κ2) is 8.26. The highest BCUT2D eigenvalue weighted by molar-refractivity contribution is 5.95. The van der Waals surface area contributed by atoms with E-state index in [9.17, 15) is 4.79 Å². The number of anilines is 3. The molecular weight excluding hydrogens is 364 g/mol. The number of amides is 1. The molecule has 0 atom stereocenters. The third kappa shape index (κ3) is 4.51. The summed E-state index contributed by atoms with van der Waals surface area (Å²) in [5.74, 6) is 0.705. The first-order chi connectivity index (χ1) is 14.1. The van der Waals surface area contributed by atoms with Crippen molar-refractivity contribution in [1.82, 2.24) is 19.9 Å². The summed E-state index contributed by atoms with van der Waals surface area (Å²) in [6.07, 6.45) is 6.83. The van der Waals surface area contributed by atoms with Crippen molar-refractivity contribution in [2.75, 3.05) is 36.4 Å². The van der Waals surface area contributed by atoms with Gasteiger partial charge in [-0.1, -0.05) is 6.07 Å². The fourth-order valence-electron chi connectivity index (χ4n) is 3.59. The quantitative estimate of drug-likeness (QED) is 0.740. The molecule has 0 radical (unpaired) electrons. The molecule has 0 unspecified atom stereocenters. The maximum atomic E-state index is 13.0. The van der Waals surface area contributed by atoms with Gasteiger partial charge in [0.2, 0.25) is 5.95 Å². The van der Waals surface area contributed by atoms with E-state index in [1.165, 1.54) is 11.1 Å². The normalized spacial score (nSPS) is 14.0. The smallest absolute Gasteiger partial charge is 0.255 e. The lowest BCUT2D eigenvalue weighted by molar-refractivity contribution is 0.0746. The summed E-state index contributed by atoms with van der Waals surface area (Å²) in [5.41, 5.74) is 4.76. The van der Waals surface area contributed by atoms with E-state index >= 15 is 0 Å². The number of carbonyl (C=O) groups is 1. The number of pyridine rings is 1. The van der Waals surface area contributed by atoms with Gasteiger partial charge in [-0.15, -0.1) is 0 Å². The molecule has 29 heavy (non-hydrogen) atoms. The van der Waals surface area contributed by atoms with Gasteiger partial charge >= 0.3 is 0 Å². The largest absolute Gasteiger partial charge is 0.354 e. The van der Waals surface area contributed by atoms with E-state index in [4.69, 9.17) is 0 Å². The second-order valence-corrected chi connectivity index (χ2v) is 7.29. The number of benzene rings is 1. The molecule has 0 bridgehead atoms. The highest BCUT2D eigenvalue weighted by Crippen LogP contribution is 2.21. The Hall–Kier alpha value is -3.48. The van der Waals surface area contributed by atoms with E-state index in [0.29, 0.717) is 37.7 Å². The van der Waals surface area contributed by atoms with Crippen LogP contribution in [-0.2, 0) is 0 Å². The average Bonchev–Trinajstić information content (AvgIpc) is 2.73. The number of aryl methyl sites for hydroxylation is 2. The number of aromatic nitrogens is 3. The number of piperazine rings is 1. The molecule has 1 aliphatic heterocycles. The molecule has 1 saturated heterocycles. The lowest BCUT2D eigenvalue weighted by Crippen LogP contribution is -2.49. The van der Waals surface area contributed by atoms with E-state index in [1.54, 1.807) is 30.9 Å². The van der Waals surface area contributed by atoms with E-state index < -0.39 is 0 Å². The fourth-order valence-corrected chi connectivity index (χ4v) is 3.59. The molecule has 148 valence electrons. The monoisotopic (exact) mass is 388 g/mol. The molecule has 7 heteroatoms. The van der Waals surface area contributed by atoms with E-state index in [-0.39, 0.29) is 5.91 Å². The van der Waals surface area contributed by atoms with Gasteiger partial charge in [-0.05, 0) is 49.2 Å². The maximum absolute atomic E-state index is 13.0. The summed E-state index contributed by atoms with van der Waals surface area (Å²) in [5, 5.41) is 3.35. The Morgan fingerprint density at radius 1 is 0.897 bits per heavy atom. The predicted octanol–water partition coefficient (Wildman–Crippen LogP) is 3.19. The molecule has 0 spiro atoms. The SMILES string of the molecule is Cc1cc(C)cc(Nc2cncc(C(=O)N3CCN(c4ncccn4)CC3)c2)c1. The summed E-state index contributed by atoms with van der Waals surface area (Å²) < 4.78 is 0. The van der Waals surface area contributed by atoms with Gasteiger partial charge in [0.25, 0.3) is 5.91 Å². The first-order valence-corrected chi connectivity index (χ1v) is 9.70. The Morgan fingerprint density at radius 3 is 2.28 bits per heavy atom. The molecule has 7 nitrogen and oxygen atoms in total. The van der Waals surface area contributed by atoms with Crippen molar-refractivity contribution in [2.24, 2.45) is 0 Å². The van der Waals surface area contributed by atoms with Crippen LogP contribution in [0.4, 0.5) is 17.3 Å². The molecule has 4 rings (SSSR count). The standard InChI is InChI=1S/C22H24N6O/c1-16-10-17(2)12-19(11-16)26-20-13-18(14-23-15-20)21(29)27-6-8-28(9-7-27)22-24-4-3-5-25-22/h3-5,10-15,26H,6-9H2,1-2H3. The summed E-state index contributed by atoms with van der Waals surface area (Å²) in [6, 6.07) is 9.94. The Balaban J connectivity index is 1.42. The molecule has 3 aromatic rings.